The summed E-state index contributed by atoms with van der Waals surface area (Å²) in [5.41, 5.74) is 4.71. The van der Waals surface area contributed by atoms with Crippen molar-refractivity contribution in [3.8, 4) is 11.1 Å². The van der Waals surface area contributed by atoms with Gasteiger partial charge in [0.25, 0.3) is 11.5 Å². The Labute approximate surface area is 168 Å². The van der Waals surface area contributed by atoms with E-state index in [0.717, 1.165) is 10.2 Å². The van der Waals surface area contributed by atoms with Gasteiger partial charge in [0.2, 0.25) is 0 Å². The summed E-state index contributed by atoms with van der Waals surface area (Å²) in [5.74, 6) is -0.770. The Hall–Kier alpha value is -4.40. The first kappa shape index (κ1) is 17.7. The average molecular weight is 400 g/mol. The first-order valence-electron chi connectivity index (χ1n) is 9.00. The molecule has 0 atom stereocenters. The molecule has 0 spiro atoms. The van der Waals surface area contributed by atoms with Gasteiger partial charge in [0, 0.05) is 17.3 Å². The smallest absolute Gasteiger partial charge is 0.267 e. The van der Waals surface area contributed by atoms with Gasteiger partial charge in [-0.3, -0.25) is 15.0 Å². The Morgan fingerprint density at radius 2 is 1.73 bits per heavy atom. The summed E-state index contributed by atoms with van der Waals surface area (Å²) >= 11 is 0. The Bertz CT molecular complexity index is 1460. The summed E-state index contributed by atoms with van der Waals surface area (Å²) in [7, 11) is 0. The van der Waals surface area contributed by atoms with Crippen molar-refractivity contribution in [2.24, 2.45) is 0 Å². The van der Waals surface area contributed by atoms with Gasteiger partial charge in [0.1, 0.15) is 11.3 Å². The normalized spacial score (nSPS) is 11.1. The molecule has 30 heavy (non-hydrogen) atoms. The van der Waals surface area contributed by atoms with Gasteiger partial charge in [0.15, 0.2) is 11.2 Å². The van der Waals surface area contributed by atoms with E-state index >= 15 is 0 Å². The highest BCUT2D eigenvalue weighted by Gasteiger charge is 2.15. The zero-order chi connectivity index (χ0) is 20.7. The van der Waals surface area contributed by atoms with Crippen LogP contribution in [0.4, 0.5) is 4.39 Å². The standard InChI is InChI=1S/C21H13FN6O2/c22-15-8-6-13(7-9-15)16-12-23-28-17-10-11-27(21(30)18(17)24-25-19(16)28)26-20(29)14-4-2-1-3-5-14/h1-12H,(H,26,29). The van der Waals surface area contributed by atoms with Crippen molar-refractivity contribution in [3.63, 3.8) is 0 Å². The lowest BCUT2D eigenvalue weighted by Gasteiger charge is -2.09. The molecule has 5 aromatic rings. The molecule has 9 heteroatoms. The van der Waals surface area contributed by atoms with E-state index in [1.165, 1.54) is 22.8 Å². The van der Waals surface area contributed by atoms with E-state index in [1.54, 1.807) is 54.7 Å². The zero-order valence-corrected chi connectivity index (χ0v) is 15.4. The van der Waals surface area contributed by atoms with Crippen LogP contribution in [0.25, 0.3) is 27.8 Å². The SMILES string of the molecule is O=C(Nn1ccc2c(nnc3c(-c4ccc(F)cc4)cnn32)c1=O)c1ccccc1. The van der Waals surface area contributed by atoms with Gasteiger partial charge in [-0.25, -0.2) is 13.6 Å². The number of amides is 1. The maximum absolute atomic E-state index is 13.2. The number of hydrogen-bond acceptors (Lipinski definition) is 5. The molecule has 0 unspecified atom stereocenters. The number of hydrogen-bond donors (Lipinski definition) is 1. The van der Waals surface area contributed by atoms with E-state index < -0.39 is 11.5 Å². The minimum Gasteiger partial charge on any atom is -0.267 e. The Morgan fingerprint density at radius 3 is 2.50 bits per heavy atom. The molecule has 3 aromatic heterocycles. The second kappa shape index (κ2) is 6.89. The molecule has 2 aromatic carbocycles. The van der Waals surface area contributed by atoms with Crippen LogP contribution in [0.5, 0.6) is 0 Å². The summed E-state index contributed by atoms with van der Waals surface area (Å²) in [6.45, 7) is 0. The van der Waals surface area contributed by atoms with Crippen LogP contribution < -0.4 is 11.0 Å². The van der Waals surface area contributed by atoms with Gasteiger partial charge >= 0.3 is 0 Å². The van der Waals surface area contributed by atoms with E-state index in [2.05, 4.69) is 20.7 Å². The van der Waals surface area contributed by atoms with E-state index in [1.807, 2.05) is 0 Å². The number of carbonyl (C=O) groups excluding carboxylic acids is 1. The lowest BCUT2D eigenvalue weighted by atomic mass is 10.1. The molecular formula is C21H13FN6O2. The largest absolute Gasteiger partial charge is 0.299 e. The molecule has 5 rings (SSSR count). The van der Waals surface area contributed by atoms with Gasteiger partial charge in [0.05, 0.1) is 6.20 Å². The lowest BCUT2D eigenvalue weighted by Crippen LogP contribution is -2.33. The van der Waals surface area contributed by atoms with Gasteiger partial charge in [-0.1, -0.05) is 30.3 Å². The molecule has 0 saturated carbocycles. The van der Waals surface area contributed by atoms with Gasteiger partial charge in [-0.15, -0.1) is 10.2 Å². The summed E-state index contributed by atoms with van der Waals surface area (Å²) in [6.07, 6.45) is 3.02. The highest BCUT2D eigenvalue weighted by Crippen LogP contribution is 2.24. The monoisotopic (exact) mass is 400 g/mol. The second-order valence-electron chi connectivity index (χ2n) is 6.53. The summed E-state index contributed by atoms with van der Waals surface area (Å²) < 4.78 is 15.8. The number of aromatic nitrogens is 5. The van der Waals surface area contributed by atoms with Crippen LogP contribution in [0.2, 0.25) is 0 Å². The highest BCUT2D eigenvalue weighted by atomic mass is 19.1. The number of pyridine rings is 1. The minimum absolute atomic E-state index is 0.0483. The van der Waals surface area contributed by atoms with Crippen molar-refractivity contribution in [3.05, 3.63) is 94.8 Å². The Balaban J connectivity index is 1.58. The second-order valence-corrected chi connectivity index (χ2v) is 6.53. The molecule has 0 radical (unpaired) electrons. The molecule has 0 saturated heterocycles. The molecule has 3 heterocycles. The molecule has 0 bridgehead atoms. The molecule has 8 nitrogen and oxygen atoms in total. The van der Waals surface area contributed by atoms with Crippen LogP contribution >= 0.6 is 0 Å². The van der Waals surface area contributed by atoms with Crippen molar-refractivity contribution in [2.75, 3.05) is 5.43 Å². The van der Waals surface area contributed by atoms with Crippen molar-refractivity contribution >= 4 is 22.6 Å². The highest BCUT2D eigenvalue weighted by molar-refractivity contribution is 6.00. The fraction of sp³-hybridized carbons (Fsp3) is 0. The van der Waals surface area contributed by atoms with Crippen molar-refractivity contribution in [1.82, 2.24) is 24.5 Å². The summed E-state index contributed by atoms with van der Waals surface area (Å²) in [4.78, 5) is 25.2. The zero-order valence-electron chi connectivity index (χ0n) is 15.4. The maximum atomic E-state index is 13.2. The lowest BCUT2D eigenvalue weighted by molar-refractivity contribution is 0.101. The van der Waals surface area contributed by atoms with Gasteiger partial charge in [-0.05, 0) is 35.9 Å². The predicted molar refractivity (Wildman–Crippen MR) is 108 cm³/mol. The van der Waals surface area contributed by atoms with E-state index in [9.17, 15) is 14.0 Å². The van der Waals surface area contributed by atoms with Crippen LogP contribution in [-0.4, -0.2) is 30.4 Å². The number of rotatable bonds is 3. The Kier molecular flexibility index (Phi) is 4.06. The number of carbonyl (C=O) groups is 1. The number of fused-ring (bicyclic) bond motifs is 3. The summed E-state index contributed by atoms with van der Waals surface area (Å²) in [5, 5.41) is 12.5. The number of halogens is 1. The van der Waals surface area contributed by atoms with Crippen molar-refractivity contribution < 1.29 is 9.18 Å². The third-order valence-electron chi connectivity index (χ3n) is 4.68. The van der Waals surface area contributed by atoms with Crippen LogP contribution in [0.1, 0.15) is 10.4 Å². The minimum atomic E-state index is -0.537. The third-order valence-corrected chi connectivity index (χ3v) is 4.68. The molecule has 0 fully saturated rings. The van der Waals surface area contributed by atoms with Crippen LogP contribution in [0, 0.1) is 5.82 Å². The molecule has 0 aliphatic heterocycles. The predicted octanol–water partition coefficient (Wildman–Crippen LogP) is 2.63. The van der Waals surface area contributed by atoms with Crippen molar-refractivity contribution in [1.29, 1.82) is 0 Å². The number of nitrogens with zero attached hydrogens (tertiary/aromatic N) is 5. The number of benzene rings is 2. The topological polar surface area (TPSA) is 94.2 Å². The molecule has 1 amide bonds. The number of nitrogens with one attached hydrogen (secondary N) is 1. The van der Waals surface area contributed by atoms with E-state index in [-0.39, 0.29) is 11.3 Å². The van der Waals surface area contributed by atoms with Gasteiger partial charge in [-0.2, -0.15) is 5.10 Å². The molecule has 1 N–H and O–H groups in total. The molecule has 146 valence electrons. The average Bonchev–Trinajstić information content (AvgIpc) is 3.21. The maximum Gasteiger partial charge on any atom is 0.299 e. The molecular weight excluding hydrogens is 387 g/mol. The quantitative estimate of drug-likeness (QED) is 0.502. The van der Waals surface area contributed by atoms with Crippen molar-refractivity contribution in [2.45, 2.75) is 0 Å². The van der Waals surface area contributed by atoms with E-state index in [0.29, 0.717) is 22.3 Å². The van der Waals surface area contributed by atoms with E-state index in [4.69, 9.17) is 0 Å². The summed E-state index contributed by atoms with van der Waals surface area (Å²) in [6, 6.07) is 16.1. The Morgan fingerprint density at radius 1 is 0.967 bits per heavy atom. The molecule has 0 aliphatic carbocycles. The fourth-order valence-electron chi connectivity index (χ4n) is 3.18. The van der Waals surface area contributed by atoms with Crippen LogP contribution in [-0.2, 0) is 0 Å². The van der Waals surface area contributed by atoms with Gasteiger partial charge < -0.3 is 0 Å². The van der Waals surface area contributed by atoms with Crippen LogP contribution in [0.15, 0.2) is 77.9 Å². The van der Waals surface area contributed by atoms with Crippen LogP contribution in [0.3, 0.4) is 0 Å². The fourth-order valence-corrected chi connectivity index (χ4v) is 3.18. The first-order chi connectivity index (χ1) is 14.6. The third kappa shape index (κ3) is 2.89. The first-order valence-corrected chi connectivity index (χ1v) is 9.00. The molecule has 0 aliphatic rings.